The number of aromatic amines is 1. The van der Waals surface area contributed by atoms with E-state index in [9.17, 15) is 30.7 Å². The molecule has 0 aliphatic carbocycles. The molecule has 5 nitrogen and oxygen atoms in total. The molecule has 0 unspecified atom stereocenters. The Morgan fingerprint density at radius 2 is 1.92 bits per heavy atom. The van der Waals surface area contributed by atoms with Gasteiger partial charge in [0.15, 0.2) is 0 Å². The average molecular weight is 388 g/mol. The molecule has 0 saturated carbocycles. The fourth-order valence-electron chi connectivity index (χ4n) is 1.57. The third-order valence-corrected chi connectivity index (χ3v) is 2.86. The van der Waals surface area contributed by atoms with Crippen molar-refractivity contribution in [1.29, 1.82) is 0 Å². The minimum atomic E-state index is -4.84. The van der Waals surface area contributed by atoms with Gasteiger partial charge in [-0.1, -0.05) is 12.1 Å². The molecule has 0 amide bonds. The van der Waals surface area contributed by atoms with Crippen LogP contribution in [0.25, 0.3) is 0 Å². The summed E-state index contributed by atoms with van der Waals surface area (Å²) in [6.07, 6.45) is -12.8. The second-order valence-corrected chi connectivity index (χ2v) is 4.83. The summed E-state index contributed by atoms with van der Waals surface area (Å²) in [7, 11) is 0. The highest BCUT2D eigenvalue weighted by Crippen LogP contribution is 2.28. The molecule has 1 aromatic carbocycles. The number of rotatable bonds is 5. The molecule has 136 valence electrons. The Balaban J connectivity index is 2.28. The van der Waals surface area contributed by atoms with E-state index in [1.807, 2.05) is 5.10 Å². The van der Waals surface area contributed by atoms with Crippen LogP contribution < -0.4 is 4.74 Å². The van der Waals surface area contributed by atoms with E-state index >= 15 is 0 Å². The number of nitrogens with zero attached hydrogens (tertiary/aromatic N) is 3. The van der Waals surface area contributed by atoms with Crippen LogP contribution in [0.2, 0.25) is 0 Å². The van der Waals surface area contributed by atoms with Crippen LogP contribution in [-0.4, -0.2) is 33.6 Å². The van der Waals surface area contributed by atoms with Crippen molar-refractivity contribution < 1.29 is 35.5 Å². The van der Waals surface area contributed by atoms with Crippen LogP contribution in [0.1, 0.15) is 11.4 Å². The molecule has 0 spiro atoms. The summed E-state index contributed by atoms with van der Waals surface area (Å²) < 4.78 is 91.7. The number of ether oxygens (including phenoxy) is 1. The highest BCUT2D eigenvalue weighted by molar-refractivity contribution is 7.71. The van der Waals surface area contributed by atoms with Gasteiger partial charge in [0.25, 0.3) is 5.82 Å². The summed E-state index contributed by atoms with van der Waals surface area (Å²) in [6, 6.07) is 4.29. The van der Waals surface area contributed by atoms with Crippen LogP contribution in [0, 0.1) is 4.77 Å². The summed E-state index contributed by atoms with van der Waals surface area (Å²) in [4.78, 5) is 0. The lowest BCUT2D eigenvalue weighted by molar-refractivity contribution is -0.253. The van der Waals surface area contributed by atoms with Crippen LogP contribution >= 0.6 is 12.2 Å². The molecule has 0 bridgehead atoms. The van der Waals surface area contributed by atoms with Crippen molar-refractivity contribution in [2.24, 2.45) is 5.10 Å². The van der Waals surface area contributed by atoms with Crippen LogP contribution in [0.5, 0.6) is 5.75 Å². The molecule has 2 aromatic rings. The standard InChI is InChI=1S/C12H7F7N4OS/c13-8(14)12(18,19)24-7-3-1-2-6(4-7)5-20-23-9(11(15,16)17)21-22-10(23)25/h1-5,8H,(H,22,25). The molecule has 0 aliphatic rings. The molecule has 0 atom stereocenters. The third kappa shape index (κ3) is 4.55. The van der Waals surface area contributed by atoms with Crippen molar-refractivity contribution >= 4 is 18.4 Å². The molecule has 1 aromatic heterocycles. The number of benzene rings is 1. The van der Waals surface area contributed by atoms with Gasteiger partial charge in [0.1, 0.15) is 5.75 Å². The van der Waals surface area contributed by atoms with Crippen LogP contribution in [-0.2, 0) is 6.18 Å². The van der Waals surface area contributed by atoms with Crippen LogP contribution in [0.3, 0.4) is 0 Å². The lowest BCUT2D eigenvalue weighted by Gasteiger charge is -2.16. The maximum absolute atomic E-state index is 12.8. The molecule has 2 rings (SSSR count). The van der Waals surface area contributed by atoms with Gasteiger partial charge in [0.05, 0.1) is 6.21 Å². The van der Waals surface area contributed by atoms with Crippen molar-refractivity contribution in [3.8, 4) is 5.75 Å². The Morgan fingerprint density at radius 1 is 1.24 bits per heavy atom. The summed E-state index contributed by atoms with van der Waals surface area (Å²) >= 11 is 4.61. The molecule has 25 heavy (non-hydrogen) atoms. The number of alkyl halides is 7. The molecular weight excluding hydrogens is 381 g/mol. The fourth-order valence-corrected chi connectivity index (χ4v) is 1.75. The first-order valence-electron chi connectivity index (χ1n) is 6.25. The summed E-state index contributed by atoms with van der Waals surface area (Å²) in [5.41, 5.74) is -0.00112. The van der Waals surface area contributed by atoms with Crippen molar-refractivity contribution in [3.63, 3.8) is 0 Å². The maximum Gasteiger partial charge on any atom is 0.461 e. The number of hydrogen-bond donors (Lipinski definition) is 1. The molecule has 0 aliphatic heterocycles. The van der Waals surface area contributed by atoms with Gasteiger partial charge < -0.3 is 4.74 Å². The van der Waals surface area contributed by atoms with Gasteiger partial charge in [0.2, 0.25) is 4.77 Å². The monoisotopic (exact) mass is 388 g/mol. The van der Waals surface area contributed by atoms with Crippen LogP contribution in [0.15, 0.2) is 29.4 Å². The van der Waals surface area contributed by atoms with E-state index in [0.717, 1.165) is 24.4 Å². The van der Waals surface area contributed by atoms with Crippen molar-refractivity contribution in [3.05, 3.63) is 40.4 Å². The van der Waals surface area contributed by atoms with Crippen molar-refractivity contribution in [2.75, 3.05) is 0 Å². The van der Waals surface area contributed by atoms with E-state index in [1.165, 1.54) is 6.07 Å². The van der Waals surface area contributed by atoms with Gasteiger partial charge in [-0.2, -0.15) is 40.5 Å². The normalized spacial score (nSPS) is 13.0. The largest absolute Gasteiger partial charge is 0.461 e. The predicted molar refractivity (Wildman–Crippen MR) is 73.4 cm³/mol. The van der Waals surface area contributed by atoms with E-state index < -0.39 is 35.1 Å². The molecule has 0 fully saturated rings. The highest BCUT2D eigenvalue weighted by atomic mass is 32.1. The number of nitrogens with one attached hydrogen (secondary N) is 1. The Hall–Kier alpha value is -2.44. The van der Waals surface area contributed by atoms with E-state index in [1.54, 1.807) is 0 Å². The molecule has 1 heterocycles. The van der Waals surface area contributed by atoms with Crippen molar-refractivity contribution in [1.82, 2.24) is 14.9 Å². The number of H-pyrrole nitrogens is 1. The zero-order chi connectivity index (χ0) is 18.8. The first-order valence-corrected chi connectivity index (χ1v) is 6.65. The highest BCUT2D eigenvalue weighted by Gasteiger charge is 2.44. The van der Waals surface area contributed by atoms with Gasteiger partial charge in [-0.3, -0.25) is 0 Å². The minimum absolute atomic E-state index is 0.00112. The SMILES string of the molecule is FC(F)C(F)(F)Oc1cccc(C=Nn2c(C(F)(F)F)n[nH]c2=S)c1. The lowest BCUT2D eigenvalue weighted by Crippen LogP contribution is -2.33. The Kier molecular flexibility index (Phi) is 5.15. The quantitative estimate of drug-likeness (QED) is 0.477. The number of halogens is 7. The number of aromatic nitrogens is 3. The Morgan fingerprint density at radius 3 is 2.52 bits per heavy atom. The van der Waals surface area contributed by atoms with Gasteiger partial charge in [-0.15, -0.1) is 5.10 Å². The molecule has 13 heteroatoms. The molecule has 0 saturated heterocycles. The second kappa shape index (κ2) is 6.82. The minimum Gasteiger partial charge on any atom is -0.428 e. The zero-order valence-electron chi connectivity index (χ0n) is 11.8. The summed E-state index contributed by atoms with van der Waals surface area (Å²) in [5, 5.41) is 8.35. The van der Waals surface area contributed by atoms with Crippen LogP contribution in [0.4, 0.5) is 30.7 Å². The smallest absolute Gasteiger partial charge is 0.428 e. The van der Waals surface area contributed by atoms with Gasteiger partial charge in [0, 0.05) is 0 Å². The summed E-state index contributed by atoms with van der Waals surface area (Å²) in [6.45, 7) is 0. The van der Waals surface area contributed by atoms with E-state index in [0.29, 0.717) is 0 Å². The fraction of sp³-hybridized carbons (Fsp3) is 0.250. The average Bonchev–Trinajstić information content (AvgIpc) is 2.86. The number of hydrogen-bond acceptors (Lipinski definition) is 4. The molecule has 0 radical (unpaired) electrons. The van der Waals surface area contributed by atoms with E-state index in [4.69, 9.17) is 0 Å². The topological polar surface area (TPSA) is 55.2 Å². The Labute approximate surface area is 139 Å². The third-order valence-electron chi connectivity index (χ3n) is 2.59. The first kappa shape index (κ1) is 18.9. The maximum atomic E-state index is 12.8. The van der Waals surface area contributed by atoms with Gasteiger partial charge >= 0.3 is 18.7 Å². The van der Waals surface area contributed by atoms with E-state index in [-0.39, 0.29) is 10.2 Å². The second-order valence-electron chi connectivity index (χ2n) is 4.44. The zero-order valence-corrected chi connectivity index (χ0v) is 12.6. The lowest BCUT2D eigenvalue weighted by atomic mass is 10.2. The summed E-state index contributed by atoms with van der Waals surface area (Å²) in [5.74, 6) is -2.05. The van der Waals surface area contributed by atoms with Crippen molar-refractivity contribution in [2.45, 2.75) is 18.7 Å². The molecular formula is C12H7F7N4OS. The molecule has 1 N–H and O–H groups in total. The van der Waals surface area contributed by atoms with E-state index in [2.05, 4.69) is 27.2 Å². The first-order chi connectivity index (χ1) is 11.5. The van der Waals surface area contributed by atoms with Gasteiger partial charge in [-0.05, 0) is 29.9 Å². The predicted octanol–water partition coefficient (Wildman–Crippen LogP) is 4.08. The Bertz CT molecular complexity index is 827. The van der Waals surface area contributed by atoms with Gasteiger partial charge in [-0.25, -0.2) is 5.10 Å².